The van der Waals surface area contributed by atoms with Crippen molar-refractivity contribution in [1.29, 1.82) is 0 Å². The molecule has 3 aromatic carbocycles. The lowest BCUT2D eigenvalue weighted by Crippen LogP contribution is -2.22. The molecule has 1 heterocycles. The van der Waals surface area contributed by atoms with Crippen LogP contribution < -0.4 is 20.1 Å². The SMILES string of the molecule is O=C(COC(=O)c1ccccc1NC(=O)Cc1ccccc1)Nc1ccc2c(c1)OCCO2. The number of benzene rings is 3. The molecule has 0 fully saturated rings. The van der Waals surface area contributed by atoms with Crippen LogP contribution in [0.5, 0.6) is 11.5 Å². The number of para-hydroxylation sites is 1. The molecule has 0 spiro atoms. The van der Waals surface area contributed by atoms with Crippen molar-refractivity contribution in [1.82, 2.24) is 0 Å². The van der Waals surface area contributed by atoms with Gasteiger partial charge in [0.1, 0.15) is 13.2 Å². The maximum atomic E-state index is 12.6. The summed E-state index contributed by atoms with van der Waals surface area (Å²) in [5.41, 5.74) is 1.82. The van der Waals surface area contributed by atoms with Crippen LogP contribution in [0.15, 0.2) is 72.8 Å². The van der Waals surface area contributed by atoms with E-state index in [4.69, 9.17) is 14.2 Å². The molecule has 0 bridgehead atoms. The van der Waals surface area contributed by atoms with Crippen LogP contribution in [0.4, 0.5) is 11.4 Å². The second-order valence-corrected chi connectivity index (χ2v) is 7.24. The predicted molar refractivity (Wildman–Crippen MR) is 122 cm³/mol. The van der Waals surface area contributed by atoms with Crippen molar-refractivity contribution in [3.8, 4) is 11.5 Å². The number of anilines is 2. The maximum Gasteiger partial charge on any atom is 0.340 e. The fourth-order valence-electron chi connectivity index (χ4n) is 3.27. The van der Waals surface area contributed by atoms with Gasteiger partial charge in [-0.1, -0.05) is 42.5 Å². The molecule has 0 aliphatic carbocycles. The number of amides is 2. The lowest BCUT2D eigenvalue weighted by Gasteiger charge is -2.19. The van der Waals surface area contributed by atoms with Crippen molar-refractivity contribution < 1.29 is 28.6 Å². The number of rotatable bonds is 7. The molecule has 8 heteroatoms. The first-order chi connectivity index (χ1) is 16.1. The zero-order valence-corrected chi connectivity index (χ0v) is 17.7. The lowest BCUT2D eigenvalue weighted by atomic mass is 10.1. The van der Waals surface area contributed by atoms with Crippen LogP contribution in [0, 0.1) is 0 Å². The van der Waals surface area contributed by atoms with Gasteiger partial charge in [-0.05, 0) is 29.8 Å². The number of fused-ring (bicyclic) bond motifs is 1. The van der Waals surface area contributed by atoms with Gasteiger partial charge in [0.15, 0.2) is 18.1 Å². The molecule has 0 aromatic heterocycles. The van der Waals surface area contributed by atoms with E-state index in [9.17, 15) is 14.4 Å². The highest BCUT2D eigenvalue weighted by Crippen LogP contribution is 2.32. The quantitative estimate of drug-likeness (QED) is 0.539. The molecule has 3 aromatic rings. The molecule has 8 nitrogen and oxygen atoms in total. The molecule has 168 valence electrons. The fourth-order valence-corrected chi connectivity index (χ4v) is 3.27. The first kappa shape index (κ1) is 21.9. The molecule has 2 N–H and O–H groups in total. The molecule has 0 saturated heterocycles. The van der Waals surface area contributed by atoms with Crippen LogP contribution in [-0.2, 0) is 20.7 Å². The highest BCUT2D eigenvalue weighted by molar-refractivity contribution is 6.02. The van der Waals surface area contributed by atoms with Crippen LogP contribution in [0.2, 0.25) is 0 Å². The molecule has 0 unspecified atom stereocenters. The number of hydrogen-bond acceptors (Lipinski definition) is 6. The van der Waals surface area contributed by atoms with Gasteiger partial charge in [-0.15, -0.1) is 0 Å². The Morgan fingerprint density at radius 1 is 0.788 bits per heavy atom. The van der Waals surface area contributed by atoms with Crippen LogP contribution in [-0.4, -0.2) is 37.6 Å². The van der Waals surface area contributed by atoms with Crippen molar-refractivity contribution >= 4 is 29.2 Å². The summed E-state index contributed by atoms with van der Waals surface area (Å²) < 4.78 is 16.1. The van der Waals surface area contributed by atoms with E-state index < -0.39 is 18.5 Å². The Labute approximate surface area is 190 Å². The average Bonchev–Trinajstić information content (AvgIpc) is 2.83. The highest BCUT2D eigenvalue weighted by atomic mass is 16.6. The Kier molecular flexibility index (Phi) is 6.84. The topological polar surface area (TPSA) is 103 Å². The van der Waals surface area contributed by atoms with Gasteiger partial charge in [-0.2, -0.15) is 0 Å². The first-order valence-electron chi connectivity index (χ1n) is 10.4. The van der Waals surface area contributed by atoms with Gasteiger partial charge in [-0.3, -0.25) is 9.59 Å². The molecule has 33 heavy (non-hydrogen) atoms. The van der Waals surface area contributed by atoms with Crippen molar-refractivity contribution in [2.24, 2.45) is 0 Å². The minimum atomic E-state index is -0.720. The molecule has 1 aliphatic heterocycles. The van der Waals surface area contributed by atoms with Crippen LogP contribution in [0.25, 0.3) is 0 Å². The van der Waals surface area contributed by atoms with Crippen LogP contribution in [0.1, 0.15) is 15.9 Å². The zero-order chi connectivity index (χ0) is 23.0. The van der Waals surface area contributed by atoms with E-state index in [1.54, 1.807) is 36.4 Å². The Morgan fingerprint density at radius 3 is 2.33 bits per heavy atom. The molecule has 4 rings (SSSR count). The lowest BCUT2D eigenvalue weighted by molar-refractivity contribution is -0.119. The summed E-state index contributed by atoms with van der Waals surface area (Å²) in [5, 5.41) is 5.38. The standard InChI is InChI=1S/C25H22N2O6/c28-23(14-17-6-2-1-3-7-17)27-20-9-5-4-8-19(20)25(30)33-16-24(29)26-18-10-11-21-22(15-18)32-13-12-31-21/h1-11,15H,12-14,16H2,(H,26,29)(H,27,28). The van der Waals surface area contributed by atoms with Gasteiger partial charge >= 0.3 is 5.97 Å². The third kappa shape index (κ3) is 5.88. The second kappa shape index (κ2) is 10.3. The van der Waals surface area contributed by atoms with E-state index in [1.807, 2.05) is 30.3 Å². The highest BCUT2D eigenvalue weighted by Gasteiger charge is 2.17. The van der Waals surface area contributed by atoms with Gasteiger partial charge in [0.05, 0.1) is 17.7 Å². The number of esters is 1. The summed E-state index contributed by atoms with van der Waals surface area (Å²) in [5.74, 6) is -0.348. The third-order valence-electron chi connectivity index (χ3n) is 4.79. The summed E-state index contributed by atoms with van der Waals surface area (Å²) in [6, 6.07) is 20.8. The molecular weight excluding hydrogens is 424 g/mol. The Balaban J connectivity index is 1.33. The summed E-state index contributed by atoms with van der Waals surface area (Å²) in [7, 11) is 0. The first-order valence-corrected chi connectivity index (χ1v) is 10.4. The van der Waals surface area contributed by atoms with Crippen molar-refractivity contribution in [2.75, 3.05) is 30.5 Å². The Hall–Kier alpha value is -4.33. The number of hydrogen-bond donors (Lipinski definition) is 2. The molecule has 0 radical (unpaired) electrons. The van der Waals surface area contributed by atoms with Gasteiger partial charge < -0.3 is 24.8 Å². The Bertz CT molecular complexity index is 1160. The largest absolute Gasteiger partial charge is 0.486 e. The van der Waals surface area contributed by atoms with E-state index in [-0.39, 0.29) is 17.9 Å². The fraction of sp³-hybridized carbons (Fsp3) is 0.160. The van der Waals surface area contributed by atoms with Crippen LogP contribution >= 0.6 is 0 Å². The van der Waals surface area contributed by atoms with E-state index in [1.165, 1.54) is 6.07 Å². The van der Waals surface area contributed by atoms with E-state index in [0.717, 1.165) is 5.56 Å². The Morgan fingerprint density at radius 2 is 1.52 bits per heavy atom. The van der Waals surface area contributed by atoms with E-state index >= 15 is 0 Å². The van der Waals surface area contributed by atoms with Gasteiger partial charge in [-0.25, -0.2) is 4.79 Å². The normalized spacial score (nSPS) is 11.9. The van der Waals surface area contributed by atoms with Gasteiger partial charge in [0.2, 0.25) is 5.91 Å². The monoisotopic (exact) mass is 446 g/mol. The van der Waals surface area contributed by atoms with Crippen LogP contribution in [0.3, 0.4) is 0 Å². The zero-order valence-electron chi connectivity index (χ0n) is 17.7. The summed E-state index contributed by atoms with van der Waals surface area (Å²) >= 11 is 0. The van der Waals surface area contributed by atoms with E-state index in [0.29, 0.717) is 36.1 Å². The minimum Gasteiger partial charge on any atom is -0.486 e. The summed E-state index contributed by atoms with van der Waals surface area (Å²) in [6.45, 7) is 0.422. The molecule has 2 amide bonds. The maximum absolute atomic E-state index is 12.6. The minimum absolute atomic E-state index is 0.158. The molecule has 0 saturated carbocycles. The number of carbonyl (C=O) groups excluding carboxylic acids is 3. The van der Waals surface area contributed by atoms with E-state index in [2.05, 4.69) is 10.6 Å². The van der Waals surface area contributed by atoms with Gasteiger partial charge in [0.25, 0.3) is 5.91 Å². The molecular formula is C25H22N2O6. The number of carbonyl (C=O) groups is 3. The van der Waals surface area contributed by atoms with Crippen molar-refractivity contribution in [2.45, 2.75) is 6.42 Å². The average molecular weight is 446 g/mol. The predicted octanol–water partition coefficient (Wildman–Crippen LogP) is 3.43. The number of nitrogens with one attached hydrogen (secondary N) is 2. The molecule has 1 aliphatic rings. The second-order valence-electron chi connectivity index (χ2n) is 7.24. The van der Waals surface area contributed by atoms with Gasteiger partial charge in [0, 0.05) is 11.8 Å². The number of ether oxygens (including phenoxy) is 3. The smallest absolute Gasteiger partial charge is 0.340 e. The summed E-state index contributed by atoms with van der Waals surface area (Å²) in [4.78, 5) is 37.2. The van der Waals surface area contributed by atoms with Crippen molar-refractivity contribution in [3.05, 3.63) is 83.9 Å². The summed E-state index contributed by atoms with van der Waals surface area (Å²) in [6.07, 6.45) is 0.169. The molecule has 0 atom stereocenters. The third-order valence-corrected chi connectivity index (χ3v) is 4.79. The van der Waals surface area contributed by atoms with Crippen molar-refractivity contribution in [3.63, 3.8) is 0 Å².